The van der Waals surface area contributed by atoms with Gasteiger partial charge in [0.1, 0.15) is 5.69 Å². The van der Waals surface area contributed by atoms with Crippen LogP contribution < -0.4 is 10.0 Å². The van der Waals surface area contributed by atoms with Crippen molar-refractivity contribution in [2.24, 2.45) is 0 Å². The minimum atomic E-state index is -3.36. The van der Waals surface area contributed by atoms with Gasteiger partial charge in [-0.3, -0.25) is 9.52 Å². The Morgan fingerprint density at radius 2 is 1.69 bits per heavy atom. The number of aromatic nitrogens is 1. The van der Waals surface area contributed by atoms with Crippen LogP contribution in [0.2, 0.25) is 0 Å². The molecule has 8 heteroatoms. The topological polar surface area (TPSA) is 101 Å². The quantitative estimate of drug-likeness (QED) is 0.518. The lowest BCUT2D eigenvalue weighted by Gasteiger charge is -2.10. The van der Waals surface area contributed by atoms with Gasteiger partial charge in [-0.15, -0.1) is 0 Å². The number of hydrogen-bond donors (Lipinski definition) is 2. The molecule has 4 rings (SSSR count). The van der Waals surface area contributed by atoms with Crippen molar-refractivity contribution in [2.75, 3.05) is 16.3 Å². The second-order valence-electron chi connectivity index (χ2n) is 6.46. The van der Waals surface area contributed by atoms with Crippen molar-refractivity contribution in [2.45, 2.75) is 0 Å². The molecule has 29 heavy (non-hydrogen) atoms. The van der Waals surface area contributed by atoms with E-state index in [2.05, 4.69) is 15.0 Å². The third-order valence-electron chi connectivity index (χ3n) is 4.18. The number of nitrogens with one attached hydrogen (secondary N) is 2. The molecule has 1 amide bonds. The minimum Gasteiger partial charge on any atom is -0.463 e. The van der Waals surface area contributed by atoms with Gasteiger partial charge >= 0.3 is 0 Å². The number of hydrogen-bond acceptors (Lipinski definition) is 5. The first kappa shape index (κ1) is 18.7. The Morgan fingerprint density at radius 3 is 2.38 bits per heavy atom. The van der Waals surface area contributed by atoms with E-state index < -0.39 is 10.0 Å². The largest absolute Gasteiger partial charge is 0.463 e. The maximum atomic E-state index is 13.0. The van der Waals surface area contributed by atoms with Crippen LogP contribution in [0.4, 0.5) is 11.4 Å². The minimum absolute atomic E-state index is 0.305. The molecule has 0 aliphatic heterocycles. The number of sulfonamides is 1. The van der Waals surface area contributed by atoms with Crippen molar-refractivity contribution in [3.8, 4) is 11.5 Å². The zero-order chi connectivity index (χ0) is 20.4. The molecule has 0 atom stereocenters. The molecule has 2 aromatic carbocycles. The number of rotatable bonds is 5. The van der Waals surface area contributed by atoms with Gasteiger partial charge in [-0.25, -0.2) is 13.4 Å². The Labute approximate surface area is 167 Å². The molecular formula is C21H17N3O4S. The average molecular weight is 407 g/mol. The summed E-state index contributed by atoms with van der Waals surface area (Å²) in [5.41, 5.74) is 2.65. The SMILES string of the molecule is CS(=O)(=O)Nc1ccc(NC(=O)c2cc(-c3ccco3)nc3ccccc23)cc1. The Kier molecular flexibility index (Phi) is 4.77. The molecule has 4 aromatic rings. The van der Waals surface area contributed by atoms with Crippen molar-refractivity contribution in [1.82, 2.24) is 4.98 Å². The van der Waals surface area contributed by atoms with Gasteiger partial charge in [0, 0.05) is 16.8 Å². The highest BCUT2D eigenvalue weighted by molar-refractivity contribution is 7.92. The molecule has 0 bridgehead atoms. The highest BCUT2D eigenvalue weighted by Gasteiger charge is 2.15. The van der Waals surface area contributed by atoms with Gasteiger partial charge in [0.05, 0.1) is 23.6 Å². The van der Waals surface area contributed by atoms with Gasteiger partial charge < -0.3 is 9.73 Å². The fourth-order valence-electron chi connectivity index (χ4n) is 2.95. The number of anilines is 2. The molecule has 2 aromatic heterocycles. The maximum absolute atomic E-state index is 13.0. The lowest BCUT2D eigenvalue weighted by Crippen LogP contribution is -2.13. The lowest BCUT2D eigenvalue weighted by molar-refractivity contribution is 0.102. The molecule has 0 aliphatic rings. The monoisotopic (exact) mass is 407 g/mol. The van der Waals surface area contributed by atoms with Gasteiger partial charge in [-0.1, -0.05) is 18.2 Å². The number of para-hydroxylation sites is 1. The summed E-state index contributed by atoms with van der Waals surface area (Å²) in [5, 5.41) is 3.56. The first-order valence-electron chi connectivity index (χ1n) is 8.72. The number of carbonyl (C=O) groups excluding carboxylic acids is 1. The second kappa shape index (κ2) is 7.40. The lowest BCUT2D eigenvalue weighted by atomic mass is 10.1. The molecule has 0 spiro atoms. The zero-order valence-corrected chi connectivity index (χ0v) is 16.2. The van der Waals surface area contributed by atoms with E-state index in [4.69, 9.17) is 4.42 Å². The third kappa shape index (κ3) is 4.27. The van der Waals surface area contributed by atoms with Crippen molar-refractivity contribution >= 4 is 38.2 Å². The number of benzene rings is 2. The molecular weight excluding hydrogens is 390 g/mol. The molecule has 0 radical (unpaired) electrons. The molecule has 2 heterocycles. The molecule has 0 saturated heterocycles. The normalized spacial score (nSPS) is 11.3. The van der Waals surface area contributed by atoms with Crippen LogP contribution in [-0.4, -0.2) is 25.6 Å². The fourth-order valence-corrected chi connectivity index (χ4v) is 3.51. The number of pyridine rings is 1. The molecule has 0 unspecified atom stereocenters. The first-order chi connectivity index (χ1) is 13.9. The molecule has 7 nitrogen and oxygen atoms in total. The Balaban J connectivity index is 1.66. The van der Waals surface area contributed by atoms with Gasteiger partial charge in [0.2, 0.25) is 10.0 Å². The summed E-state index contributed by atoms with van der Waals surface area (Å²) >= 11 is 0. The second-order valence-corrected chi connectivity index (χ2v) is 8.20. The summed E-state index contributed by atoms with van der Waals surface area (Å²) in [4.78, 5) is 17.6. The van der Waals surface area contributed by atoms with E-state index in [1.54, 1.807) is 48.7 Å². The zero-order valence-electron chi connectivity index (χ0n) is 15.4. The Bertz CT molecular complexity index is 1280. The summed E-state index contributed by atoms with van der Waals surface area (Å²) in [7, 11) is -3.36. The molecule has 0 aliphatic carbocycles. The van der Waals surface area contributed by atoms with Crippen molar-refractivity contribution in [3.05, 3.63) is 78.6 Å². The average Bonchev–Trinajstić information content (AvgIpc) is 3.22. The van der Waals surface area contributed by atoms with Crippen molar-refractivity contribution in [1.29, 1.82) is 0 Å². The summed E-state index contributed by atoms with van der Waals surface area (Å²) in [5.74, 6) is 0.265. The van der Waals surface area contributed by atoms with Crippen LogP contribution >= 0.6 is 0 Å². The van der Waals surface area contributed by atoms with Crippen LogP contribution in [0.3, 0.4) is 0 Å². The van der Waals surface area contributed by atoms with Crippen LogP contribution in [-0.2, 0) is 10.0 Å². The smallest absolute Gasteiger partial charge is 0.256 e. The summed E-state index contributed by atoms with van der Waals surface area (Å²) in [6.45, 7) is 0. The highest BCUT2D eigenvalue weighted by Crippen LogP contribution is 2.26. The van der Waals surface area contributed by atoms with Crippen LogP contribution in [0.25, 0.3) is 22.4 Å². The van der Waals surface area contributed by atoms with Crippen LogP contribution in [0.5, 0.6) is 0 Å². The van der Waals surface area contributed by atoms with Gasteiger partial charge in [0.15, 0.2) is 5.76 Å². The van der Waals surface area contributed by atoms with E-state index in [1.165, 1.54) is 0 Å². The van der Waals surface area contributed by atoms with Crippen molar-refractivity contribution in [3.63, 3.8) is 0 Å². The maximum Gasteiger partial charge on any atom is 0.256 e. The third-order valence-corrected chi connectivity index (χ3v) is 4.79. The standard InChI is InChI=1S/C21H17N3O4S/c1-29(26,27)24-15-10-8-14(9-11-15)22-21(25)17-13-19(20-7-4-12-28-20)23-18-6-3-2-5-16(17)18/h2-13,24H,1H3,(H,22,25). The van der Waals surface area contributed by atoms with Gasteiger partial charge in [0.25, 0.3) is 5.91 Å². The first-order valence-corrected chi connectivity index (χ1v) is 10.6. The highest BCUT2D eigenvalue weighted by atomic mass is 32.2. The number of nitrogens with zero attached hydrogens (tertiary/aromatic N) is 1. The van der Waals surface area contributed by atoms with E-state index in [0.717, 1.165) is 11.6 Å². The number of fused-ring (bicyclic) bond motifs is 1. The summed E-state index contributed by atoms with van der Waals surface area (Å²) in [6, 6.07) is 19.0. The Morgan fingerprint density at radius 1 is 0.966 bits per heavy atom. The number of amides is 1. The molecule has 146 valence electrons. The van der Waals surface area contributed by atoms with E-state index in [9.17, 15) is 13.2 Å². The Hall–Kier alpha value is -3.65. The van der Waals surface area contributed by atoms with Crippen LogP contribution in [0.15, 0.2) is 77.4 Å². The summed E-state index contributed by atoms with van der Waals surface area (Å²) in [6.07, 6.45) is 2.63. The molecule has 0 fully saturated rings. The van der Waals surface area contributed by atoms with E-state index in [0.29, 0.717) is 33.9 Å². The predicted octanol–water partition coefficient (Wildman–Crippen LogP) is 4.12. The number of furan rings is 1. The number of carbonyl (C=O) groups is 1. The van der Waals surface area contributed by atoms with Crippen molar-refractivity contribution < 1.29 is 17.6 Å². The van der Waals surface area contributed by atoms with Crippen LogP contribution in [0.1, 0.15) is 10.4 Å². The van der Waals surface area contributed by atoms with E-state index >= 15 is 0 Å². The summed E-state index contributed by atoms with van der Waals surface area (Å²) < 4.78 is 30.4. The molecule has 2 N–H and O–H groups in total. The fraction of sp³-hybridized carbons (Fsp3) is 0.0476. The van der Waals surface area contributed by atoms with Gasteiger partial charge in [-0.05, 0) is 48.5 Å². The molecule has 0 saturated carbocycles. The van der Waals surface area contributed by atoms with E-state index in [-0.39, 0.29) is 5.91 Å². The van der Waals surface area contributed by atoms with E-state index in [1.807, 2.05) is 24.3 Å². The predicted molar refractivity (Wildman–Crippen MR) is 112 cm³/mol. The van der Waals surface area contributed by atoms with Gasteiger partial charge in [-0.2, -0.15) is 0 Å². The van der Waals surface area contributed by atoms with Crippen LogP contribution in [0, 0.1) is 0 Å².